The smallest absolute Gasteiger partial charge is 0.150 e. The molecule has 0 bridgehead atoms. The molecule has 2 unspecified atom stereocenters. The number of rotatable bonds is 1. The predicted octanol–water partition coefficient (Wildman–Crippen LogP) is 4.05. The highest BCUT2D eigenvalue weighted by Gasteiger charge is 2.28. The second-order valence-electron chi connectivity index (χ2n) is 5.83. The van der Waals surface area contributed by atoms with Crippen LogP contribution in [0.5, 0.6) is 0 Å². The van der Waals surface area contributed by atoms with Crippen molar-refractivity contribution in [2.75, 3.05) is 6.61 Å². The molecule has 2 aromatic rings. The maximum absolute atomic E-state index is 9.31. The summed E-state index contributed by atoms with van der Waals surface area (Å²) in [6.45, 7) is 0.814. The lowest BCUT2D eigenvalue weighted by molar-refractivity contribution is -0.0366. The van der Waals surface area contributed by atoms with Crippen LogP contribution >= 0.6 is 15.9 Å². The maximum atomic E-state index is 9.31. The van der Waals surface area contributed by atoms with Gasteiger partial charge in [-0.1, -0.05) is 0 Å². The molecule has 2 heterocycles. The van der Waals surface area contributed by atoms with Crippen LogP contribution in [0.3, 0.4) is 0 Å². The number of fused-ring (bicyclic) bond motifs is 2. The Kier molecular flexibility index (Phi) is 3.24. The Morgan fingerprint density at radius 3 is 3.05 bits per heavy atom. The lowest BCUT2D eigenvalue weighted by Crippen LogP contribution is -2.19. The average Bonchev–Trinajstić information content (AvgIpc) is 3.12. The molecular weight excluding hydrogens is 330 g/mol. The Labute approximate surface area is 131 Å². The third-order valence-corrected chi connectivity index (χ3v) is 5.45. The number of nitrogens with zero attached hydrogens (tertiary/aromatic N) is 3. The summed E-state index contributed by atoms with van der Waals surface area (Å²) >= 11 is 3.71. The Balaban J connectivity index is 1.86. The minimum absolute atomic E-state index is 0.00746. The van der Waals surface area contributed by atoms with E-state index in [4.69, 9.17) is 4.74 Å². The number of ether oxygens (including phenoxy) is 1. The highest BCUT2D eigenvalue weighted by molar-refractivity contribution is 9.10. The summed E-state index contributed by atoms with van der Waals surface area (Å²) in [5.74, 6) is 0.00746. The summed E-state index contributed by atoms with van der Waals surface area (Å²) in [6.07, 6.45) is 7.18. The second kappa shape index (κ2) is 5.11. The number of hydrogen-bond acceptors (Lipinski definition) is 3. The van der Waals surface area contributed by atoms with Gasteiger partial charge in [-0.05, 0) is 65.2 Å². The normalized spacial score (nSPS) is 25.0. The molecule has 1 aliphatic carbocycles. The molecule has 21 heavy (non-hydrogen) atoms. The van der Waals surface area contributed by atoms with Crippen molar-refractivity contribution in [2.45, 2.75) is 44.2 Å². The van der Waals surface area contributed by atoms with E-state index >= 15 is 0 Å². The first kappa shape index (κ1) is 13.3. The number of benzene rings is 1. The van der Waals surface area contributed by atoms with E-state index in [2.05, 4.69) is 33.2 Å². The van der Waals surface area contributed by atoms with E-state index in [0.29, 0.717) is 0 Å². The summed E-state index contributed by atoms with van der Waals surface area (Å²) in [7, 11) is 0. The van der Waals surface area contributed by atoms with Gasteiger partial charge in [-0.3, -0.25) is 0 Å². The molecule has 2 atom stereocenters. The van der Waals surface area contributed by atoms with Gasteiger partial charge in [0.05, 0.1) is 23.7 Å². The molecule has 1 fully saturated rings. The van der Waals surface area contributed by atoms with Crippen LogP contribution in [0.2, 0.25) is 0 Å². The Hall–Kier alpha value is -1.38. The van der Waals surface area contributed by atoms with Crippen molar-refractivity contribution >= 4 is 26.8 Å². The minimum Gasteiger partial charge on any atom is -0.356 e. The van der Waals surface area contributed by atoms with Crippen LogP contribution in [0, 0.1) is 11.3 Å². The topological polar surface area (TPSA) is 50.8 Å². The van der Waals surface area contributed by atoms with E-state index in [1.807, 2.05) is 10.9 Å². The van der Waals surface area contributed by atoms with Crippen molar-refractivity contribution in [2.24, 2.45) is 0 Å². The Morgan fingerprint density at radius 2 is 2.29 bits per heavy atom. The van der Waals surface area contributed by atoms with Crippen LogP contribution in [0.25, 0.3) is 10.9 Å². The largest absolute Gasteiger partial charge is 0.356 e. The van der Waals surface area contributed by atoms with Gasteiger partial charge in [-0.25, -0.2) is 4.68 Å². The van der Waals surface area contributed by atoms with Crippen LogP contribution in [-0.4, -0.2) is 16.4 Å². The molecule has 1 aliphatic heterocycles. The maximum Gasteiger partial charge on any atom is 0.150 e. The fraction of sp³-hybridized carbons (Fsp3) is 0.500. The van der Waals surface area contributed by atoms with Gasteiger partial charge in [0.1, 0.15) is 0 Å². The molecule has 1 saturated heterocycles. The monoisotopic (exact) mass is 345 g/mol. The average molecular weight is 346 g/mol. The highest BCUT2D eigenvalue weighted by Crippen LogP contribution is 2.42. The van der Waals surface area contributed by atoms with Gasteiger partial charge in [0, 0.05) is 16.5 Å². The van der Waals surface area contributed by atoms with Crippen LogP contribution < -0.4 is 0 Å². The third-order valence-electron chi connectivity index (χ3n) is 4.60. The number of hydrogen-bond donors (Lipinski definition) is 0. The van der Waals surface area contributed by atoms with Crippen LogP contribution in [0.15, 0.2) is 16.7 Å². The van der Waals surface area contributed by atoms with Gasteiger partial charge in [-0.2, -0.15) is 10.4 Å². The first-order valence-corrected chi connectivity index (χ1v) is 8.28. The molecule has 0 spiro atoms. The van der Waals surface area contributed by atoms with E-state index < -0.39 is 0 Å². The first-order chi connectivity index (χ1) is 10.3. The van der Waals surface area contributed by atoms with Gasteiger partial charge in [0.25, 0.3) is 0 Å². The van der Waals surface area contributed by atoms with Crippen molar-refractivity contribution in [3.8, 4) is 6.07 Å². The van der Waals surface area contributed by atoms with Crippen molar-refractivity contribution in [3.63, 3.8) is 0 Å². The summed E-state index contributed by atoms with van der Waals surface area (Å²) in [6, 6.07) is 4.62. The summed E-state index contributed by atoms with van der Waals surface area (Å²) in [5.41, 5.74) is 3.55. The second-order valence-corrected chi connectivity index (χ2v) is 6.62. The van der Waals surface area contributed by atoms with Crippen molar-refractivity contribution in [1.82, 2.24) is 9.78 Å². The Bertz CT molecular complexity index is 740. The van der Waals surface area contributed by atoms with E-state index in [1.54, 1.807) is 0 Å². The minimum atomic E-state index is 0.00746. The molecule has 2 aliphatic rings. The number of nitriles is 1. The summed E-state index contributed by atoms with van der Waals surface area (Å²) < 4.78 is 8.92. The standard InChI is InChI=1S/C16H16BrN3O/c17-16-12-9-19-20(14-3-1-2-6-21-14)13(12)7-10-4-5-11(8-18)15(10)16/h7,9,11,14H,1-6H2. The fourth-order valence-corrected chi connectivity index (χ4v) is 4.35. The van der Waals surface area contributed by atoms with Crippen molar-refractivity contribution in [1.29, 1.82) is 5.26 Å². The quantitative estimate of drug-likeness (QED) is 0.783. The first-order valence-electron chi connectivity index (χ1n) is 7.49. The molecule has 0 amide bonds. The highest BCUT2D eigenvalue weighted by atomic mass is 79.9. The lowest BCUT2D eigenvalue weighted by atomic mass is 10.0. The Morgan fingerprint density at radius 1 is 1.38 bits per heavy atom. The molecule has 1 aromatic carbocycles. The molecule has 4 rings (SSSR count). The van der Waals surface area contributed by atoms with E-state index in [1.165, 1.54) is 12.0 Å². The van der Waals surface area contributed by atoms with Gasteiger partial charge >= 0.3 is 0 Å². The van der Waals surface area contributed by atoms with Crippen LogP contribution in [0.1, 0.15) is 49.0 Å². The van der Waals surface area contributed by atoms with Crippen LogP contribution in [-0.2, 0) is 11.2 Å². The molecule has 1 aromatic heterocycles. The van der Waals surface area contributed by atoms with Gasteiger partial charge in [-0.15, -0.1) is 0 Å². The summed E-state index contributed by atoms with van der Waals surface area (Å²) in [5, 5.41) is 14.9. The molecule has 0 radical (unpaired) electrons. The van der Waals surface area contributed by atoms with Gasteiger partial charge in [0.2, 0.25) is 0 Å². The molecule has 0 saturated carbocycles. The third kappa shape index (κ3) is 2.01. The molecule has 5 heteroatoms. The zero-order valence-electron chi connectivity index (χ0n) is 11.7. The fourth-order valence-electron chi connectivity index (χ4n) is 3.52. The van der Waals surface area contributed by atoms with Crippen molar-refractivity contribution < 1.29 is 4.74 Å². The number of aromatic nitrogens is 2. The number of aryl methyl sites for hydroxylation is 1. The molecule has 4 nitrogen and oxygen atoms in total. The van der Waals surface area contributed by atoms with E-state index in [9.17, 15) is 5.26 Å². The SMILES string of the molecule is N#CC1CCc2cc3c(cnn3C3CCCCO3)c(Br)c21. The van der Waals surface area contributed by atoms with Crippen LogP contribution in [0.4, 0.5) is 0 Å². The molecule has 0 N–H and O–H groups in total. The molecular formula is C16H16BrN3O. The number of halogens is 1. The zero-order chi connectivity index (χ0) is 14.4. The predicted molar refractivity (Wildman–Crippen MR) is 82.9 cm³/mol. The lowest BCUT2D eigenvalue weighted by Gasteiger charge is -2.23. The van der Waals surface area contributed by atoms with E-state index in [-0.39, 0.29) is 12.1 Å². The zero-order valence-corrected chi connectivity index (χ0v) is 13.3. The van der Waals surface area contributed by atoms with Gasteiger partial charge < -0.3 is 4.74 Å². The van der Waals surface area contributed by atoms with Crippen molar-refractivity contribution in [3.05, 3.63) is 27.9 Å². The van der Waals surface area contributed by atoms with Gasteiger partial charge in [0.15, 0.2) is 6.23 Å². The molecule has 108 valence electrons. The summed E-state index contributed by atoms with van der Waals surface area (Å²) in [4.78, 5) is 0. The van der Waals surface area contributed by atoms with E-state index in [0.717, 1.165) is 53.2 Å².